The molecule has 2 aromatic rings. The first kappa shape index (κ1) is 18.5. The molecule has 3 aliphatic rings. The van der Waals surface area contributed by atoms with Gasteiger partial charge in [-0.3, -0.25) is 14.5 Å². The molecule has 0 saturated carbocycles. The van der Waals surface area contributed by atoms with Crippen LogP contribution in [0.1, 0.15) is 39.8 Å². The fourth-order valence-corrected chi connectivity index (χ4v) is 6.07. The molecule has 7 heteroatoms. The maximum atomic E-state index is 12.7. The molecule has 4 heterocycles. The van der Waals surface area contributed by atoms with Gasteiger partial charge in [0.2, 0.25) is 5.91 Å². The third kappa shape index (κ3) is 3.90. The molecule has 2 bridgehead atoms. The quantitative estimate of drug-likeness (QED) is 0.807. The molecule has 2 atom stereocenters. The topological polar surface area (TPSA) is 75.4 Å². The summed E-state index contributed by atoms with van der Waals surface area (Å²) in [5, 5.41) is 3.28. The smallest absolute Gasteiger partial charge is 0.261 e. The third-order valence-corrected chi connectivity index (χ3v) is 7.86. The van der Waals surface area contributed by atoms with E-state index in [-0.39, 0.29) is 11.9 Å². The predicted octanol–water partition coefficient (Wildman–Crippen LogP) is 3.21. The van der Waals surface area contributed by atoms with Crippen LogP contribution in [-0.2, 0) is 0 Å². The molecule has 0 aliphatic carbocycles. The Bertz CT molecular complexity index is 839. The van der Waals surface area contributed by atoms with Gasteiger partial charge < -0.3 is 11.1 Å². The molecule has 1 aromatic heterocycles. The largest absolute Gasteiger partial charge is 0.366 e. The second-order valence-corrected chi connectivity index (χ2v) is 9.68. The molecular weight excluding hydrogens is 378 g/mol. The molecule has 5 nitrogen and oxygen atoms in total. The van der Waals surface area contributed by atoms with Crippen molar-refractivity contribution in [2.24, 2.45) is 11.7 Å². The molecule has 0 radical (unpaired) electrons. The van der Waals surface area contributed by atoms with Gasteiger partial charge in [0.15, 0.2) is 0 Å². The zero-order valence-electron chi connectivity index (χ0n) is 15.2. The number of rotatable bonds is 5. The second-order valence-electron chi connectivity index (χ2n) is 7.22. The number of nitrogens with two attached hydrogens (primary N) is 1. The van der Waals surface area contributed by atoms with E-state index in [1.807, 2.05) is 24.3 Å². The number of piperidine rings is 3. The van der Waals surface area contributed by atoms with Crippen molar-refractivity contribution >= 4 is 34.9 Å². The van der Waals surface area contributed by atoms with E-state index >= 15 is 0 Å². The van der Waals surface area contributed by atoms with Crippen molar-refractivity contribution < 1.29 is 9.59 Å². The number of carbonyl (C=O) groups is 2. The lowest BCUT2D eigenvalue weighted by atomic mass is 9.79. The van der Waals surface area contributed by atoms with E-state index in [0.717, 1.165) is 27.1 Å². The molecular formula is C20H23N3O2S2. The Kier molecular flexibility index (Phi) is 5.25. The number of carbonyl (C=O) groups excluding carboxylic acids is 2. The molecule has 3 fully saturated rings. The minimum Gasteiger partial charge on any atom is -0.366 e. The van der Waals surface area contributed by atoms with Gasteiger partial charge in [-0.25, -0.2) is 0 Å². The summed E-state index contributed by atoms with van der Waals surface area (Å²) in [6.45, 7) is 4.54. The first-order valence-corrected chi connectivity index (χ1v) is 10.9. The highest BCUT2D eigenvalue weighted by atomic mass is 32.2. The Labute approximate surface area is 167 Å². The number of nitrogens with one attached hydrogen (secondary N) is 1. The highest BCUT2D eigenvalue weighted by molar-refractivity contribution is 8.01. The van der Waals surface area contributed by atoms with Gasteiger partial charge in [-0.15, -0.1) is 11.3 Å². The zero-order chi connectivity index (χ0) is 19.0. The Morgan fingerprint density at radius 2 is 1.85 bits per heavy atom. The summed E-state index contributed by atoms with van der Waals surface area (Å²) in [7, 11) is 0. The van der Waals surface area contributed by atoms with E-state index in [0.29, 0.717) is 17.5 Å². The van der Waals surface area contributed by atoms with E-state index in [4.69, 9.17) is 5.73 Å². The van der Waals surface area contributed by atoms with Gasteiger partial charge in [-0.05, 0) is 75.2 Å². The highest BCUT2D eigenvalue weighted by Crippen LogP contribution is 2.35. The summed E-state index contributed by atoms with van der Waals surface area (Å²) in [5.41, 5.74) is 5.77. The number of benzene rings is 1. The maximum absolute atomic E-state index is 12.7. The van der Waals surface area contributed by atoms with Crippen LogP contribution in [0.15, 0.2) is 45.5 Å². The number of hydrogen-bond donors (Lipinski definition) is 2. The number of primary amides is 1. The summed E-state index contributed by atoms with van der Waals surface area (Å²) >= 11 is 3.09. The van der Waals surface area contributed by atoms with Gasteiger partial charge >= 0.3 is 0 Å². The van der Waals surface area contributed by atoms with Gasteiger partial charge in [0.05, 0.1) is 9.09 Å². The molecule has 1 aromatic carbocycles. The van der Waals surface area contributed by atoms with Crippen LogP contribution in [0.5, 0.6) is 0 Å². The SMILES string of the molecule is CC1C(NC(=O)c2ccc(Sc3ccc(C(N)=O)cc3)s2)C2CCN1CC2. The number of amides is 2. The molecule has 0 spiro atoms. The highest BCUT2D eigenvalue weighted by Gasteiger charge is 2.40. The van der Waals surface area contributed by atoms with Gasteiger partial charge in [0, 0.05) is 22.5 Å². The summed E-state index contributed by atoms with van der Waals surface area (Å²) < 4.78 is 1.05. The van der Waals surface area contributed by atoms with Crippen molar-refractivity contribution in [3.63, 3.8) is 0 Å². The fourth-order valence-electron chi connectivity index (χ4n) is 4.07. The molecule has 2 amide bonds. The van der Waals surface area contributed by atoms with E-state index in [1.54, 1.807) is 23.9 Å². The van der Waals surface area contributed by atoms with Crippen LogP contribution >= 0.6 is 23.1 Å². The average molecular weight is 402 g/mol. The van der Waals surface area contributed by atoms with Crippen LogP contribution < -0.4 is 11.1 Å². The molecule has 3 aliphatic heterocycles. The van der Waals surface area contributed by atoms with E-state index in [9.17, 15) is 9.59 Å². The van der Waals surface area contributed by atoms with Crippen molar-refractivity contribution in [2.75, 3.05) is 13.1 Å². The number of thiophene rings is 1. The van der Waals surface area contributed by atoms with Gasteiger partial charge in [0.1, 0.15) is 0 Å². The minimum absolute atomic E-state index is 0.0292. The van der Waals surface area contributed by atoms with Crippen molar-refractivity contribution in [3.05, 3.63) is 46.8 Å². The number of fused-ring (bicyclic) bond motifs is 3. The van der Waals surface area contributed by atoms with Crippen LogP contribution in [0.3, 0.4) is 0 Å². The second kappa shape index (κ2) is 7.66. The van der Waals surface area contributed by atoms with Crippen molar-refractivity contribution in [1.82, 2.24) is 10.2 Å². The monoisotopic (exact) mass is 401 g/mol. The third-order valence-electron chi connectivity index (χ3n) is 5.64. The first-order chi connectivity index (χ1) is 13.0. The number of nitrogens with zero attached hydrogens (tertiary/aromatic N) is 1. The number of hydrogen-bond acceptors (Lipinski definition) is 5. The van der Waals surface area contributed by atoms with Crippen LogP contribution in [0, 0.1) is 5.92 Å². The maximum Gasteiger partial charge on any atom is 0.261 e. The minimum atomic E-state index is -0.427. The summed E-state index contributed by atoms with van der Waals surface area (Å²) in [5.74, 6) is 0.205. The molecule has 3 saturated heterocycles. The molecule has 27 heavy (non-hydrogen) atoms. The average Bonchev–Trinajstić information content (AvgIpc) is 3.14. The summed E-state index contributed by atoms with van der Waals surface area (Å²) in [4.78, 5) is 28.1. The van der Waals surface area contributed by atoms with Crippen molar-refractivity contribution in [1.29, 1.82) is 0 Å². The van der Waals surface area contributed by atoms with Gasteiger partial charge in [0.25, 0.3) is 5.91 Å². The lowest BCUT2D eigenvalue weighted by Crippen LogP contribution is -2.62. The molecule has 142 valence electrons. The summed E-state index contributed by atoms with van der Waals surface area (Å²) in [6.07, 6.45) is 2.37. The fraction of sp³-hybridized carbons (Fsp3) is 0.400. The van der Waals surface area contributed by atoms with Crippen molar-refractivity contribution in [2.45, 2.75) is 41.0 Å². The Morgan fingerprint density at radius 3 is 2.48 bits per heavy atom. The van der Waals surface area contributed by atoms with E-state index < -0.39 is 5.91 Å². The first-order valence-electron chi connectivity index (χ1n) is 9.24. The van der Waals surface area contributed by atoms with Crippen LogP contribution in [0.4, 0.5) is 0 Å². The van der Waals surface area contributed by atoms with Crippen molar-refractivity contribution in [3.8, 4) is 0 Å². The molecule has 5 rings (SSSR count). The standard InChI is InChI=1S/C20H23N3O2S2/c1-12-18(13-8-10-23(12)11-9-13)22-20(25)16-6-7-17(27-16)26-15-4-2-14(3-5-15)19(21)24/h2-7,12-13,18H,8-11H2,1H3,(H2,21,24)(H,22,25). The molecule has 3 N–H and O–H groups in total. The van der Waals surface area contributed by atoms with Crippen LogP contribution in [0.2, 0.25) is 0 Å². The van der Waals surface area contributed by atoms with Crippen LogP contribution in [0.25, 0.3) is 0 Å². The van der Waals surface area contributed by atoms with E-state index in [1.165, 1.54) is 24.2 Å². The van der Waals surface area contributed by atoms with E-state index in [2.05, 4.69) is 17.1 Å². The Hall–Kier alpha value is -1.83. The Balaban J connectivity index is 1.40. The van der Waals surface area contributed by atoms with Gasteiger partial charge in [-0.2, -0.15) is 0 Å². The van der Waals surface area contributed by atoms with Gasteiger partial charge in [-0.1, -0.05) is 11.8 Å². The zero-order valence-corrected chi connectivity index (χ0v) is 16.8. The molecule has 2 unspecified atom stereocenters. The predicted molar refractivity (Wildman–Crippen MR) is 108 cm³/mol. The normalized spacial score (nSPS) is 26.7. The lowest BCUT2D eigenvalue weighted by Gasteiger charge is -2.49. The Morgan fingerprint density at radius 1 is 1.15 bits per heavy atom. The lowest BCUT2D eigenvalue weighted by molar-refractivity contribution is 0.0218. The van der Waals surface area contributed by atoms with Crippen LogP contribution in [-0.4, -0.2) is 41.9 Å². The summed E-state index contributed by atoms with van der Waals surface area (Å²) in [6, 6.07) is 11.7.